The summed E-state index contributed by atoms with van der Waals surface area (Å²) in [5, 5.41) is 21.6. The standard InChI is InChI=1S/C17H19NO3/c1-10-6-11(2)17(12(3)7-10)18-16(21)9-13-4-5-14(19)15(20)8-13/h4-8,19-20H,9H2,1-3H3,(H,18,21). The van der Waals surface area contributed by atoms with E-state index in [9.17, 15) is 15.0 Å². The second-order valence-corrected chi connectivity index (χ2v) is 5.32. The van der Waals surface area contributed by atoms with Crippen molar-refractivity contribution in [1.29, 1.82) is 0 Å². The Kier molecular flexibility index (Phi) is 4.17. The van der Waals surface area contributed by atoms with Crippen LogP contribution in [0.15, 0.2) is 30.3 Å². The van der Waals surface area contributed by atoms with Gasteiger partial charge in [-0.1, -0.05) is 23.8 Å². The van der Waals surface area contributed by atoms with Crippen LogP contribution in [0.25, 0.3) is 0 Å². The molecule has 0 fully saturated rings. The third-order valence-electron chi connectivity index (χ3n) is 3.35. The van der Waals surface area contributed by atoms with Crippen molar-refractivity contribution in [2.45, 2.75) is 27.2 Å². The molecule has 0 aliphatic carbocycles. The maximum atomic E-state index is 12.1. The van der Waals surface area contributed by atoms with Gasteiger partial charge in [-0.05, 0) is 49.6 Å². The maximum absolute atomic E-state index is 12.1. The van der Waals surface area contributed by atoms with Crippen molar-refractivity contribution >= 4 is 11.6 Å². The van der Waals surface area contributed by atoms with Crippen LogP contribution in [0.5, 0.6) is 11.5 Å². The Morgan fingerprint density at radius 3 is 2.19 bits per heavy atom. The Morgan fingerprint density at radius 2 is 1.62 bits per heavy atom. The largest absolute Gasteiger partial charge is 0.504 e. The molecule has 0 heterocycles. The quantitative estimate of drug-likeness (QED) is 0.758. The van der Waals surface area contributed by atoms with Crippen molar-refractivity contribution in [1.82, 2.24) is 0 Å². The first-order valence-electron chi connectivity index (χ1n) is 6.75. The van der Waals surface area contributed by atoms with Gasteiger partial charge in [0.25, 0.3) is 0 Å². The molecule has 4 nitrogen and oxygen atoms in total. The lowest BCUT2D eigenvalue weighted by Gasteiger charge is -2.13. The Balaban J connectivity index is 2.13. The van der Waals surface area contributed by atoms with Crippen molar-refractivity contribution < 1.29 is 15.0 Å². The number of nitrogens with one attached hydrogen (secondary N) is 1. The topological polar surface area (TPSA) is 69.6 Å². The number of hydrogen-bond acceptors (Lipinski definition) is 3. The first kappa shape index (κ1) is 14.9. The molecule has 0 saturated carbocycles. The van der Waals surface area contributed by atoms with Gasteiger partial charge in [0.15, 0.2) is 11.5 Å². The van der Waals surface area contributed by atoms with Gasteiger partial charge >= 0.3 is 0 Å². The third-order valence-corrected chi connectivity index (χ3v) is 3.35. The molecule has 0 aromatic heterocycles. The second kappa shape index (κ2) is 5.87. The minimum Gasteiger partial charge on any atom is -0.504 e. The molecule has 2 aromatic carbocycles. The SMILES string of the molecule is Cc1cc(C)c(NC(=O)Cc2ccc(O)c(O)c2)c(C)c1. The minimum atomic E-state index is -0.219. The smallest absolute Gasteiger partial charge is 0.228 e. The van der Waals surface area contributed by atoms with E-state index in [2.05, 4.69) is 5.32 Å². The number of phenols is 2. The number of aryl methyl sites for hydroxylation is 3. The summed E-state index contributed by atoms with van der Waals surface area (Å²) in [4.78, 5) is 12.1. The zero-order valence-corrected chi connectivity index (χ0v) is 12.4. The highest BCUT2D eigenvalue weighted by molar-refractivity contribution is 5.93. The van der Waals surface area contributed by atoms with E-state index in [1.807, 2.05) is 32.9 Å². The Hall–Kier alpha value is -2.49. The van der Waals surface area contributed by atoms with Gasteiger partial charge in [0.1, 0.15) is 0 Å². The van der Waals surface area contributed by atoms with E-state index in [1.165, 1.54) is 12.1 Å². The molecule has 0 spiro atoms. The lowest BCUT2D eigenvalue weighted by atomic mass is 10.0. The molecule has 0 aliphatic rings. The molecule has 1 amide bonds. The average Bonchev–Trinajstić information content (AvgIpc) is 2.38. The number of carbonyl (C=O) groups excluding carboxylic acids is 1. The van der Waals surface area contributed by atoms with Gasteiger partial charge in [-0.25, -0.2) is 0 Å². The molecule has 4 heteroatoms. The number of phenolic OH excluding ortho intramolecular Hbond substituents is 2. The van der Waals surface area contributed by atoms with E-state index in [0.29, 0.717) is 5.56 Å². The van der Waals surface area contributed by atoms with E-state index < -0.39 is 0 Å². The lowest BCUT2D eigenvalue weighted by Crippen LogP contribution is -2.16. The third kappa shape index (κ3) is 3.54. The fourth-order valence-electron chi connectivity index (χ4n) is 2.43. The monoisotopic (exact) mass is 285 g/mol. The summed E-state index contributed by atoms with van der Waals surface area (Å²) in [5.74, 6) is -0.567. The Morgan fingerprint density at radius 1 is 1.00 bits per heavy atom. The van der Waals surface area contributed by atoms with E-state index in [-0.39, 0.29) is 23.8 Å². The number of rotatable bonds is 3. The summed E-state index contributed by atoms with van der Waals surface area (Å²) in [6.07, 6.45) is 0.139. The molecule has 110 valence electrons. The predicted molar refractivity (Wildman–Crippen MR) is 82.8 cm³/mol. The molecule has 21 heavy (non-hydrogen) atoms. The van der Waals surface area contributed by atoms with Crippen molar-refractivity contribution in [3.63, 3.8) is 0 Å². The lowest BCUT2D eigenvalue weighted by molar-refractivity contribution is -0.115. The van der Waals surface area contributed by atoms with Crippen LogP contribution >= 0.6 is 0 Å². The van der Waals surface area contributed by atoms with Gasteiger partial charge < -0.3 is 15.5 Å². The molecule has 0 atom stereocenters. The zero-order valence-electron chi connectivity index (χ0n) is 12.4. The highest BCUT2D eigenvalue weighted by Gasteiger charge is 2.10. The zero-order chi connectivity index (χ0) is 15.6. The number of aromatic hydroxyl groups is 2. The van der Waals surface area contributed by atoms with Crippen LogP contribution in [-0.4, -0.2) is 16.1 Å². The number of amides is 1. The first-order chi connectivity index (χ1) is 9.86. The van der Waals surface area contributed by atoms with Crippen LogP contribution in [0.2, 0.25) is 0 Å². The van der Waals surface area contributed by atoms with Crippen LogP contribution in [0.1, 0.15) is 22.3 Å². The number of benzene rings is 2. The van der Waals surface area contributed by atoms with E-state index in [1.54, 1.807) is 6.07 Å². The number of carbonyl (C=O) groups is 1. The fraction of sp³-hybridized carbons (Fsp3) is 0.235. The molecule has 0 bridgehead atoms. The van der Waals surface area contributed by atoms with Crippen molar-refractivity contribution in [2.24, 2.45) is 0 Å². The van der Waals surface area contributed by atoms with Crippen LogP contribution < -0.4 is 5.32 Å². The van der Waals surface area contributed by atoms with Crippen molar-refractivity contribution in [2.75, 3.05) is 5.32 Å². The highest BCUT2D eigenvalue weighted by atomic mass is 16.3. The summed E-state index contributed by atoms with van der Waals surface area (Å²) in [5.41, 5.74) is 4.68. The molecule has 0 unspecified atom stereocenters. The first-order valence-corrected chi connectivity index (χ1v) is 6.75. The minimum absolute atomic E-state index is 0.139. The highest BCUT2D eigenvalue weighted by Crippen LogP contribution is 2.26. The van der Waals surface area contributed by atoms with E-state index in [0.717, 1.165) is 22.4 Å². The van der Waals surface area contributed by atoms with Crippen molar-refractivity contribution in [3.05, 3.63) is 52.6 Å². The van der Waals surface area contributed by atoms with E-state index >= 15 is 0 Å². The molecular weight excluding hydrogens is 266 g/mol. The Bertz CT molecular complexity index is 669. The van der Waals surface area contributed by atoms with Crippen LogP contribution in [0.3, 0.4) is 0 Å². The van der Waals surface area contributed by atoms with Gasteiger partial charge in [-0.15, -0.1) is 0 Å². The number of hydrogen-bond donors (Lipinski definition) is 3. The molecule has 3 N–H and O–H groups in total. The second-order valence-electron chi connectivity index (χ2n) is 5.32. The molecule has 0 radical (unpaired) electrons. The summed E-state index contributed by atoms with van der Waals surface area (Å²) in [6, 6.07) is 8.43. The van der Waals surface area contributed by atoms with Gasteiger partial charge in [0, 0.05) is 5.69 Å². The fourth-order valence-corrected chi connectivity index (χ4v) is 2.43. The summed E-state index contributed by atoms with van der Waals surface area (Å²) in [7, 11) is 0. The van der Waals surface area contributed by atoms with Crippen molar-refractivity contribution in [3.8, 4) is 11.5 Å². The summed E-state index contributed by atoms with van der Waals surface area (Å²) < 4.78 is 0. The summed E-state index contributed by atoms with van der Waals surface area (Å²) >= 11 is 0. The molecule has 0 saturated heterocycles. The normalized spacial score (nSPS) is 10.4. The number of anilines is 1. The van der Waals surface area contributed by atoms with Gasteiger partial charge in [0.05, 0.1) is 6.42 Å². The Labute approximate surface area is 124 Å². The molecule has 0 aliphatic heterocycles. The van der Waals surface area contributed by atoms with Crippen LogP contribution in [-0.2, 0) is 11.2 Å². The van der Waals surface area contributed by atoms with Gasteiger partial charge in [-0.2, -0.15) is 0 Å². The molecule has 2 rings (SSSR count). The maximum Gasteiger partial charge on any atom is 0.228 e. The van der Waals surface area contributed by atoms with Gasteiger partial charge in [0.2, 0.25) is 5.91 Å². The van der Waals surface area contributed by atoms with Crippen LogP contribution in [0.4, 0.5) is 5.69 Å². The predicted octanol–water partition coefficient (Wildman–Crippen LogP) is 3.20. The summed E-state index contributed by atoms with van der Waals surface area (Å²) in [6.45, 7) is 5.94. The van der Waals surface area contributed by atoms with Gasteiger partial charge in [-0.3, -0.25) is 4.79 Å². The molecule has 2 aromatic rings. The van der Waals surface area contributed by atoms with E-state index in [4.69, 9.17) is 0 Å². The molecular formula is C17H19NO3. The van der Waals surface area contributed by atoms with Crippen LogP contribution in [0, 0.1) is 20.8 Å². The average molecular weight is 285 g/mol.